The third-order valence-electron chi connectivity index (χ3n) is 2.41. The molecule has 0 saturated carbocycles. The van der Waals surface area contributed by atoms with Crippen LogP contribution in [0.1, 0.15) is 10.5 Å². The lowest BCUT2D eigenvalue weighted by molar-refractivity contribution is -0.274. The molecule has 21 heavy (non-hydrogen) atoms. The van der Waals surface area contributed by atoms with Crippen molar-refractivity contribution in [2.24, 2.45) is 0 Å². The highest BCUT2D eigenvalue weighted by Crippen LogP contribution is 2.33. The Kier molecular flexibility index (Phi) is 4.51. The van der Waals surface area contributed by atoms with E-state index >= 15 is 0 Å². The zero-order chi connectivity index (χ0) is 15.8. The molecule has 0 amide bonds. The predicted octanol–water partition coefficient (Wildman–Crippen LogP) is 4.44. The summed E-state index contributed by atoms with van der Waals surface area (Å²) in [5.41, 5.74) is -0.176. The van der Waals surface area contributed by atoms with Crippen LogP contribution in [0.15, 0.2) is 34.9 Å². The van der Waals surface area contributed by atoms with E-state index in [-0.39, 0.29) is 11.4 Å². The third-order valence-corrected chi connectivity index (χ3v) is 3.50. The van der Waals surface area contributed by atoms with E-state index in [1.807, 2.05) is 22.6 Å². The molecule has 0 saturated heterocycles. The van der Waals surface area contributed by atoms with Crippen LogP contribution in [0.2, 0.25) is 0 Å². The Hall–Kier alpha value is -1.23. The first-order valence-electron chi connectivity index (χ1n) is 5.34. The highest BCUT2D eigenvalue weighted by Gasteiger charge is 2.33. The Bertz CT molecular complexity index is 700. The molecule has 0 atom stereocenters. The van der Waals surface area contributed by atoms with Gasteiger partial charge in [0.25, 0.3) is 0 Å². The van der Waals surface area contributed by atoms with Crippen molar-refractivity contribution in [1.29, 1.82) is 0 Å². The highest BCUT2D eigenvalue weighted by molar-refractivity contribution is 14.1. The molecule has 0 aliphatic rings. The number of carboxylic acids is 1. The van der Waals surface area contributed by atoms with Crippen molar-refractivity contribution < 1.29 is 27.8 Å². The van der Waals surface area contributed by atoms with Crippen molar-refractivity contribution >= 4 is 44.5 Å². The minimum Gasteiger partial charge on any atom is -0.477 e. The first kappa shape index (κ1) is 16.1. The number of ether oxygens (including phenoxy) is 1. The fraction of sp³-hybridized carbons (Fsp3) is 0.0833. The van der Waals surface area contributed by atoms with Crippen molar-refractivity contribution in [2.75, 3.05) is 0 Å². The molecular weight excluding hydrogens is 470 g/mol. The van der Waals surface area contributed by atoms with E-state index in [0.717, 1.165) is 10.6 Å². The predicted molar refractivity (Wildman–Crippen MR) is 79.8 cm³/mol. The summed E-state index contributed by atoms with van der Waals surface area (Å²) in [4.78, 5) is 11.2. The molecule has 0 spiro atoms. The number of rotatable bonds is 3. The average molecular weight is 476 g/mol. The summed E-state index contributed by atoms with van der Waals surface area (Å²) in [5.74, 6) is -1.75. The fourth-order valence-electron chi connectivity index (χ4n) is 1.69. The third kappa shape index (κ3) is 3.90. The molecule has 1 heterocycles. The van der Waals surface area contributed by atoms with Crippen molar-refractivity contribution in [3.8, 4) is 11.4 Å². The molecule has 9 heteroatoms. The van der Waals surface area contributed by atoms with E-state index in [1.54, 1.807) is 0 Å². The number of carbonyl (C=O) groups is 1. The van der Waals surface area contributed by atoms with Gasteiger partial charge in [0.2, 0.25) is 0 Å². The Morgan fingerprint density at radius 3 is 2.57 bits per heavy atom. The molecule has 1 aromatic carbocycles. The van der Waals surface area contributed by atoms with Crippen molar-refractivity contribution in [3.05, 3.63) is 44.2 Å². The first-order valence-corrected chi connectivity index (χ1v) is 7.21. The van der Waals surface area contributed by atoms with Gasteiger partial charge in [-0.15, -0.1) is 13.2 Å². The smallest absolute Gasteiger partial charge is 0.477 e. The second-order valence-electron chi connectivity index (χ2n) is 3.88. The normalized spacial score (nSPS) is 11.5. The standard InChI is InChI=1S/C12H6BrF3INO3/c13-6-1-2-8(10(3-6)21-12(14,15)16)18-5-7(17)4-9(18)11(19)20/h1-5H,(H,19,20). The average Bonchev–Trinajstić information content (AvgIpc) is 2.69. The highest BCUT2D eigenvalue weighted by atomic mass is 127. The van der Waals surface area contributed by atoms with Crippen molar-refractivity contribution in [1.82, 2.24) is 4.57 Å². The lowest BCUT2D eigenvalue weighted by Gasteiger charge is -2.15. The number of benzene rings is 1. The van der Waals surface area contributed by atoms with Gasteiger partial charge in [0.15, 0.2) is 5.75 Å². The van der Waals surface area contributed by atoms with Gasteiger partial charge in [0, 0.05) is 14.2 Å². The lowest BCUT2D eigenvalue weighted by Crippen LogP contribution is -2.19. The van der Waals surface area contributed by atoms with Gasteiger partial charge in [0.1, 0.15) is 5.69 Å². The summed E-state index contributed by atoms with van der Waals surface area (Å²) in [6.07, 6.45) is -3.46. The molecular formula is C12H6BrF3INO3. The van der Waals surface area contributed by atoms with Gasteiger partial charge in [-0.05, 0) is 46.9 Å². The van der Waals surface area contributed by atoms with E-state index in [2.05, 4.69) is 20.7 Å². The quantitative estimate of drug-likeness (QED) is 0.668. The lowest BCUT2D eigenvalue weighted by atomic mass is 10.3. The number of carboxylic acid groups (broad SMARTS) is 1. The van der Waals surface area contributed by atoms with Crippen molar-refractivity contribution in [2.45, 2.75) is 6.36 Å². The molecule has 112 valence electrons. The molecule has 0 fully saturated rings. The maximum Gasteiger partial charge on any atom is 0.573 e. The molecule has 4 nitrogen and oxygen atoms in total. The molecule has 0 aliphatic heterocycles. The van der Waals surface area contributed by atoms with Crippen LogP contribution in [0.25, 0.3) is 5.69 Å². The van der Waals surface area contributed by atoms with Crippen LogP contribution in [0.5, 0.6) is 5.75 Å². The van der Waals surface area contributed by atoms with Crippen LogP contribution < -0.4 is 4.74 Å². The van der Waals surface area contributed by atoms with E-state index in [4.69, 9.17) is 5.11 Å². The van der Waals surface area contributed by atoms with Crippen LogP contribution in [0, 0.1) is 3.57 Å². The number of hydrogen-bond donors (Lipinski definition) is 1. The Morgan fingerprint density at radius 1 is 1.33 bits per heavy atom. The Morgan fingerprint density at radius 2 is 2.00 bits per heavy atom. The number of nitrogens with zero attached hydrogens (tertiary/aromatic N) is 1. The molecule has 0 unspecified atom stereocenters. The maximum absolute atomic E-state index is 12.5. The van der Waals surface area contributed by atoms with E-state index in [9.17, 15) is 18.0 Å². The topological polar surface area (TPSA) is 51.5 Å². The summed E-state index contributed by atoms with van der Waals surface area (Å²) < 4.78 is 43.5. The zero-order valence-electron chi connectivity index (χ0n) is 9.99. The summed E-state index contributed by atoms with van der Waals surface area (Å²) in [6, 6.07) is 5.31. The maximum atomic E-state index is 12.5. The first-order chi connectivity index (χ1) is 9.67. The van der Waals surface area contributed by atoms with Gasteiger partial charge in [0.05, 0.1) is 5.69 Å². The van der Waals surface area contributed by atoms with Gasteiger partial charge in [-0.25, -0.2) is 4.79 Å². The van der Waals surface area contributed by atoms with Crippen LogP contribution in [-0.2, 0) is 0 Å². The Balaban J connectivity index is 2.61. The molecule has 0 bridgehead atoms. The van der Waals surface area contributed by atoms with E-state index < -0.39 is 18.1 Å². The molecule has 0 aliphatic carbocycles. The van der Waals surface area contributed by atoms with Crippen LogP contribution in [0.4, 0.5) is 13.2 Å². The van der Waals surface area contributed by atoms with E-state index in [0.29, 0.717) is 8.04 Å². The summed E-state index contributed by atoms with van der Waals surface area (Å²) in [7, 11) is 0. The summed E-state index contributed by atoms with van der Waals surface area (Å²) in [5, 5.41) is 9.12. The SMILES string of the molecule is O=C(O)c1cc(I)cn1-c1ccc(Br)cc1OC(F)(F)F. The number of aromatic carboxylic acids is 1. The van der Waals surface area contributed by atoms with Gasteiger partial charge < -0.3 is 14.4 Å². The summed E-state index contributed by atoms with van der Waals surface area (Å²) in [6.45, 7) is 0. The monoisotopic (exact) mass is 475 g/mol. The van der Waals surface area contributed by atoms with Gasteiger partial charge >= 0.3 is 12.3 Å². The second-order valence-corrected chi connectivity index (χ2v) is 6.04. The van der Waals surface area contributed by atoms with Gasteiger partial charge in [-0.3, -0.25) is 0 Å². The fourth-order valence-corrected chi connectivity index (χ4v) is 2.60. The Labute approximate surface area is 138 Å². The molecule has 2 aromatic rings. The van der Waals surface area contributed by atoms with Crippen LogP contribution in [0.3, 0.4) is 0 Å². The minimum atomic E-state index is -4.88. The zero-order valence-corrected chi connectivity index (χ0v) is 13.7. The summed E-state index contributed by atoms with van der Waals surface area (Å²) >= 11 is 4.93. The largest absolute Gasteiger partial charge is 0.573 e. The molecule has 2 rings (SSSR count). The molecule has 1 N–H and O–H groups in total. The van der Waals surface area contributed by atoms with Crippen LogP contribution in [-0.4, -0.2) is 22.0 Å². The minimum absolute atomic E-state index is 0.0177. The van der Waals surface area contributed by atoms with Crippen molar-refractivity contribution in [3.63, 3.8) is 0 Å². The second kappa shape index (κ2) is 5.87. The van der Waals surface area contributed by atoms with Crippen LogP contribution >= 0.6 is 38.5 Å². The van der Waals surface area contributed by atoms with Gasteiger partial charge in [-0.1, -0.05) is 15.9 Å². The molecule has 0 radical (unpaired) electrons. The molecule has 1 aromatic heterocycles. The number of aromatic nitrogens is 1. The van der Waals surface area contributed by atoms with E-state index in [1.165, 1.54) is 24.4 Å². The van der Waals surface area contributed by atoms with Gasteiger partial charge in [-0.2, -0.15) is 0 Å². The number of hydrogen-bond acceptors (Lipinski definition) is 2. The number of alkyl halides is 3. The number of halogens is 5.